The van der Waals surface area contributed by atoms with E-state index < -0.39 is 11.4 Å². The monoisotopic (exact) mass is 297 g/mol. The largest absolute Gasteiger partial charge is 0.481 e. The summed E-state index contributed by atoms with van der Waals surface area (Å²) >= 11 is 0. The van der Waals surface area contributed by atoms with Crippen molar-refractivity contribution in [2.45, 2.75) is 50.5 Å². The summed E-state index contributed by atoms with van der Waals surface area (Å²) in [6, 6.07) is -0.254. The Hall–Kier alpha value is -1.30. The molecule has 0 unspecified atom stereocenters. The molecule has 2 aliphatic carbocycles. The number of hydrogen-bond acceptors (Lipinski definition) is 3. The molecule has 3 N–H and O–H groups in total. The summed E-state index contributed by atoms with van der Waals surface area (Å²) in [7, 11) is 4.11. The zero-order valence-corrected chi connectivity index (χ0v) is 13.1. The van der Waals surface area contributed by atoms with E-state index in [0.717, 1.165) is 19.3 Å². The van der Waals surface area contributed by atoms with E-state index in [1.165, 1.54) is 12.8 Å². The molecule has 21 heavy (non-hydrogen) atoms. The van der Waals surface area contributed by atoms with Gasteiger partial charge in [-0.25, -0.2) is 4.79 Å². The Kier molecular flexibility index (Phi) is 4.76. The second kappa shape index (κ2) is 6.22. The van der Waals surface area contributed by atoms with Gasteiger partial charge in [0.05, 0.1) is 5.41 Å². The number of likely N-dealkylation sites (N-methyl/N-ethyl adjacent to an activating group) is 1. The number of carboxylic acid groups (broad SMARTS) is 1. The van der Waals surface area contributed by atoms with Crippen LogP contribution in [-0.2, 0) is 4.79 Å². The molecular formula is C15H27N3O3. The number of carbonyl (C=O) groups is 2. The van der Waals surface area contributed by atoms with Gasteiger partial charge in [-0.15, -0.1) is 0 Å². The second-order valence-corrected chi connectivity index (χ2v) is 6.80. The molecule has 6 nitrogen and oxygen atoms in total. The maximum atomic E-state index is 11.9. The van der Waals surface area contributed by atoms with Crippen molar-refractivity contribution in [2.24, 2.45) is 5.41 Å². The Morgan fingerprint density at radius 1 is 1.00 bits per heavy atom. The molecule has 2 amide bonds. The molecule has 0 aromatic rings. The normalized spacial score (nSPS) is 22.6. The van der Waals surface area contributed by atoms with Crippen molar-refractivity contribution >= 4 is 12.0 Å². The van der Waals surface area contributed by atoms with Crippen LogP contribution in [0.4, 0.5) is 4.79 Å². The first-order chi connectivity index (χ1) is 9.90. The van der Waals surface area contributed by atoms with Crippen molar-refractivity contribution < 1.29 is 14.7 Å². The fourth-order valence-electron chi connectivity index (χ4n) is 3.44. The van der Waals surface area contributed by atoms with Gasteiger partial charge in [0.1, 0.15) is 0 Å². The van der Waals surface area contributed by atoms with Crippen LogP contribution >= 0.6 is 0 Å². The van der Waals surface area contributed by atoms with Crippen LogP contribution in [0.5, 0.6) is 0 Å². The van der Waals surface area contributed by atoms with Gasteiger partial charge in [-0.2, -0.15) is 0 Å². The van der Waals surface area contributed by atoms with E-state index in [0.29, 0.717) is 19.4 Å². The summed E-state index contributed by atoms with van der Waals surface area (Å²) in [6.07, 6.45) is 6.83. The van der Waals surface area contributed by atoms with Crippen molar-refractivity contribution in [3.63, 3.8) is 0 Å². The molecule has 0 atom stereocenters. The van der Waals surface area contributed by atoms with Gasteiger partial charge in [-0.3, -0.25) is 4.79 Å². The van der Waals surface area contributed by atoms with Crippen molar-refractivity contribution in [2.75, 3.05) is 27.2 Å². The fraction of sp³-hybridized carbons (Fsp3) is 0.867. The number of nitrogens with one attached hydrogen (secondary N) is 2. The number of carbonyl (C=O) groups excluding carboxylic acids is 1. The number of carboxylic acids is 1. The van der Waals surface area contributed by atoms with Gasteiger partial charge in [0, 0.05) is 18.6 Å². The molecule has 0 heterocycles. The Morgan fingerprint density at radius 3 is 2.00 bits per heavy atom. The van der Waals surface area contributed by atoms with Gasteiger partial charge in [0.25, 0.3) is 0 Å². The minimum Gasteiger partial charge on any atom is -0.481 e. The molecule has 2 saturated carbocycles. The van der Waals surface area contributed by atoms with E-state index in [-0.39, 0.29) is 18.1 Å². The van der Waals surface area contributed by atoms with Crippen molar-refractivity contribution in [1.29, 1.82) is 0 Å². The highest BCUT2D eigenvalue weighted by molar-refractivity contribution is 5.78. The standard InChI is InChI=1S/C15H27N3O3/c1-18(2)15(8-3-4-9-15)11-17-13(21)16-10-14(12(19)20)6-5-7-14/h3-11H2,1-2H3,(H,19,20)(H2,16,17,21). The lowest BCUT2D eigenvalue weighted by Gasteiger charge is -2.38. The number of aliphatic carboxylic acids is 1. The summed E-state index contributed by atoms with van der Waals surface area (Å²) in [5.41, 5.74) is -0.678. The second-order valence-electron chi connectivity index (χ2n) is 6.80. The molecule has 6 heteroatoms. The topological polar surface area (TPSA) is 81.7 Å². The van der Waals surface area contributed by atoms with E-state index in [1.807, 2.05) is 0 Å². The minimum absolute atomic E-state index is 0.0539. The molecule has 0 aliphatic heterocycles. The summed E-state index contributed by atoms with van der Waals surface area (Å²) in [4.78, 5) is 25.4. The molecule has 2 rings (SSSR count). The summed E-state index contributed by atoms with van der Waals surface area (Å²) in [5.74, 6) is -0.797. The van der Waals surface area contributed by atoms with Crippen LogP contribution in [0, 0.1) is 5.41 Å². The van der Waals surface area contributed by atoms with Crippen LogP contribution < -0.4 is 10.6 Å². The minimum atomic E-state index is -0.797. The summed E-state index contributed by atoms with van der Waals surface area (Å²) in [5, 5.41) is 14.9. The molecule has 0 radical (unpaired) electrons. The first kappa shape index (κ1) is 16.1. The number of nitrogens with zero attached hydrogens (tertiary/aromatic N) is 1. The smallest absolute Gasteiger partial charge is 0.314 e. The number of urea groups is 1. The lowest BCUT2D eigenvalue weighted by atomic mass is 9.69. The average molecular weight is 297 g/mol. The van der Waals surface area contributed by atoms with Crippen LogP contribution in [-0.4, -0.2) is 54.7 Å². The molecule has 0 aromatic carbocycles. The van der Waals surface area contributed by atoms with Gasteiger partial charge in [-0.05, 0) is 39.8 Å². The number of hydrogen-bond donors (Lipinski definition) is 3. The van der Waals surface area contributed by atoms with E-state index in [2.05, 4.69) is 29.6 Å². The van der Waals surface area contributed by atoms with Gasteiger partial charge in [-0.1, -0.05) is 19.3 Å². The number of rotatable bonds is 6. The number of amides is 2. The Balaban J connectivity index is 1.78. The third kappa shape index (κ3) is 3.31. The Morgan fingerprint density at radius 2 is 1.57 bits per heavy atom. The SMILES string of the molecule is CN(C)C1(CNC(=O)NCC2(C(=O)O)CCC2)CCCC1. The van der Waals surface area contributed by atoms with E-state index >= 15 is 0 Å². The predicted octanol–water partition coefficient (Wildman–Crippen LogP) is 1.41. The highest BCUT2D eigenvalue weighted by atomic mass is 16.4. The summed E-state index contributed by atoms with van der Waals surface area (Å²) < 4.78 is 0. The molecule has 2 fully saturated rings. The molecule has 0 saturated heterocycles. The quantitative estimate of drug-likeness (QED) is 0.692. The Labute approximate surface area is 126 Å². The van der Waals surface area contributed by atoms with Crippen LogP contribution in [0.15, 0.2) is 0 Å². The van der Waals surface area contributed by atoms with Crippen molar-refractivity contribution in [3.05, 3.63) is 0 Å². The summed E-state index contributed by atoms with van der Waals surface area (Å²) in [6.45, 7) is 0.842. The van der Waals surface area contributed by atoms with Gasteiger partial charge in [0.15, 0.2) is 0 Å². The first-order valence-corrected chi connectivity index (χ1v) is 7.83. The molecule has 120 valence electrons. The van der Waals surface area contributed by atoms with Crippen LogP contribution in [0.3, 0.4) is 0 Å². The predicted molar refractivity (Wildman–Crippen MR) is 80.2 cm³/mol. The highest BCUT2D eigenvalue weighted by Crippen LogP contribution is 2.40. The fourth-order valence-corrected chi connectivity index (χ4v) is 3.44. The molecule has 0 spiro atoms. The molecule has 0 bridgehead atoms. The highest BCUT2D eigenvalue weighted by Gasteiger charge is 2.44. The van der Waals surface area contributed by atoms with E-state index in [9.17, 15) is 14.7 Å². The van der Waals surface area contributed by atoms with E-state index in [1.54, 1.807) is 0 Å². The lowest BCUT2D eigenvalue weighted by molar-refractivity contribution is -0.153. The van der Waals surface area contributed by atoms with Crippen LogP contribution in [0.2, 0.25) is 0 Å². The molecule has 2 aliphatic rings. The van der Waals surface area contributed by atoms with Crippen LogP contribution in [0.1, 0.15) is 44.9 Å². The zero-order chi connectivity index (χ0) is 15.5. The van der Waals surface area contributed by atoms with Gasteiger partial charge < -0.3 is 20.6 Å². The first-order valence-electron chi connectivity index (χ1n) is 7.83. The zero-order valence-electron chi connectivity index (χ0n) is 13.1. The van der Waals surface area contributed by atoms with Crippen molar-refractivity contribution in [1.82, 2.24) is 15.5 Å². The van der Waals surface area contributed by atoms with Crippen molar-refractivity contribution in [3.8, 4) is 0 Å². The molecular weight excluding hydrogens is 270 g/mol. The lowest BCUT2D eigenvalue weighted by Crippen LogP contribution is -2.54. The Bertz CT molecular complexity index is 399. The van der Waals surface area contributed by atoms with Gasteiger partial charge >= 0.3 is 12.0 Å². The maximum Gasteiger partial charge on any atom is 0.314 e. The van der Waals surface area contributed by atoms with Gasteiger partial charge in [0.2, 0.25) is 0 Å². The molecule has 0 aromatic heterocycles. The third-order valence-corrected chi connectivity index (χ3v) is 5.41. The third-order valence-electron chi connectivity index (χ3n) is 5.41. The van der Waals surface area contributed by atoms with E-state index in [4.69, 9.17) is 0 Å². The average Bonchev–Trinajstić information content (AvgIpc) is 2.84. The maximum absolute atomic E-state index is 11.9. The van der Waals surface area contributed by atoms with Crippen LogP contribution in [0.25, 0.3) is 0 Å².